The molecule has 0 aromatic carbocycles. The lowest BCUT2D eigenvalue weighted by atomic mass is 9.94. The zero-order valence-electron chi connectivity index (χ0n) is 17.7. The van der Waals surface area contributed by atoms with Crippen LogP contribution < -0.4 is 5.32 Å². The molecule has 2 rings (SSSR count). The van der Waals surface area contributed by atoms with E-state index in [1.807, 2.05) is 27.7 Å². The molecule has 1 atom stereocenters. The van der Waals surface area contributed by atoms with E-state index in [0.29, 0.717) is 11.6 Å². The summed E-state index contributed by atoms with van der Waals surface area (Å²) in [7, 11) is 0. The van der Waals surface area contributed by atoms with E-state index in [-0.39, 0.29) is 34.7 Å². The largest absolute Gasteiger partial charge is 0.408 e. The first-order valence-corrected chi connectivity index (χ1v) is 11.6. The van der Waals surface area contributed by atoms with Gasteiger partial charge >= 0.3 is 0 Å². The van der Waals surface area contributed by atoms with Gasteiger partial charge in [0.25, 0.3) is 11.1 Å². The van der Waals surface area contributed by atoms with E-state index in [1.165, 1.54) is 37.4 Å². The van der Waals surface area contributed by atoms with Crippen LogP contribution in [0.4, 0.5) is 0 Å². The third-order valence-electron chi connectivity index (χ3n) is 5.02. The van der Waals surface area contributed by atoms with E-state index in [9.17, 15) is 9.59 Å². The molecular formula is C21H35N3O3S. The van der Waals surface area contributed by atoms with Gasteiger partial charge in [0.1, 0.15) is 0 Å². The number of ketones is 1. The summed E-state index contributed by atoms with van der Waals surface area (Å²) in [6, 6.07) is -0.613. The van der Waals surface area contributed by atoms with Gasteiger partial charge in [-0.15, -0.1) is 10.2 Å². The highest BCUT2D eigenvalue weighted by molar-refractivity contribution is 7.99. The molecule has 28 heavy (non-hydrogen) atoms. The highest BCUT2D eigenvalue weighted by Gasteiger charge is 2.30. The van der Waals surface area contributed by atoms with Crippen molar-refractivity contribution < 1.29 is 14.0 Å². The van der Waals surface area contributed by atoms with Gasteiger partial charge in [-0.3, -0.25) is 9.59 Å². The van der Waals surface area contributed by atoms with Crippen molar-refractivity contribution in [3.63, 3.8) is 0 Å². The van der Waals surface area contributed by atoms with Crippen molar-refractivity contribution >= 4 is 23.5 Å². The van der Waals surface area contributed by atoms with Crippen molar-refractivity contribution in [3.05, 3.63) is 5.89 Å². The van der Waals surface area contributed by atoms with Gasteiger partial charge in [0.2, 0.25) is 11.7 Å². The summed E-state index contributed by atoms with van der Waals surface area (Å²) in [6.45, 7) is 8.13. The van der Waals surface area contributed by atoms with Crippen LogP contribution in [0.2, 0.25) is 0 Å². The maximum absolute atomic E-state index is 13.0. The second kappa shape index (κ2) is 11.6. The van der Waals surface area contributed by atoms with Crippen LogP contribution >= 0.6 is 11.8 Å². The molecule has 1 fully saturated rings. The summed E-state index contributed by atoms with van der Waals surface area (Å²) in [5, 5.41) is 11.6. The van der Waals surface area contributed by atoms with Gasteiger partial charge in [-0.2, -0.15) is 0 Å². The lowest BCUT2D eigenvalue weighted by Crippen LogP contribution is -2.44. The molecule has 0 aliphatic heterocycles. The molecule has 1 saturated carbocycles. The van der Waals surface area contributed by atoms with Crippen molar-refractivity contribution in [2.75, 3.05) is 0 Å². The fraction of sp³-hybridized carbons (Fsp3) is 0.810. The smallest absolute Gasteiger partial charge is 0.286 e. The lowest BCUT2D eigenvalue weighted by Gasteiger charge is -2.22. The molecule has 7 heteroatoms. The molecule has 1 heterocycles. The number of thioether (sulfide) groups is 1. The monoisotopic (exact) mass is 409 g/mol. The zero-order chi connectivity index (χ0) is 20.5. The number of hydrogen-bond acceptors (Lipinski definition) is 6. The minimum absolute atomic E-state index is 0.00260. The van der Waals surface area contributed by atoms with Crippen LogP contribution in [0.5, 0.6) is 0 Å². The Kier molecular flexibility index (Phi) is 9.48. The molecule has 1 aromatic heterocycles. The van der Waals surface area contributed by atoms with E-state index in [2.05, 4.69) is 15.5 Å². The normalized spacial score (nSPS) is 17.8. The first-order chi connectivity index (χ1) is 13.4. The van der Waals surface area contributed by atoms with Gasteiger partial charge in [-0.1, -0.05) is 78.0 Å². The second-order valence-electron chi connectivity index (χ2n) is 8.49. The Morgan fingerprint density at radius 1 is 1.04 bits per heavy atom. The van der Waals surface area contributed by atoms with Gasteiger partial charge in [-0.25, -0.2) is 0 Å². The van der Waals surface area contributed by atoms with E-state index in [0.717, 1.165) is 25.7 Å². The minimum atomic E-state index is -0.613. The number of hydrogen-bond donors (Lipinski definition) is 1. The van der Waals surface area contributed by atoms with Crippen LogP contribution in [0.25, 0.3) is 0 Å². The maximum Gasteiger partial charge on any atom is 0.286 e. The third-order valence-corrected chi connectivity index (χ3v) is 5.86. The maximum atomic E-state index is 13.0. The molecule has 6 nitrogen and oxygen atoms in total. The standard InChI is InChI=1S/C21H35N3O3S/c1-14(2)13-17(18(25)20-23-24-21(27-20)28-15(3)4)22-19(26)16-11-9-7-5-6-8-10-12-16/h14-17H,5-13H2,1-4H3,(H,22,26). The first-order valence-electron chi connectivity index (χ1n) is 10.7. The van der Waals surface area contributed by atoms with E-state index < -0.39 is 6.04 Å². The van der Waals surface area contributed by atoms with E-state index >= 15 is 0 Å². The minimum Gasteiger partial charge on any atom is -0.408 e. The molecule has 0 saturated heterocycles. The number of carbonyl (C=O) groups is 2. The summed E-state index contributed by atoms with van der Waals surface area (Å²) in [5.74, 6) is -0.0356. The number of amides is 1. The van der Waals surface area contributed by atoms with Gasteiger partial charge in [0.05, 0.1) is 6.04 Å². The summed E-state index contributed by atoms with van der Waals surface area (Å²) in [6.07, 6.45) is 9.45. The van der Waals surface area contributed by atoms with Crippen molar-refractivity contribution in [2.45, 2.75) is 102 Å². The summed E-state index contributed by atoms with van der Waals surface area (Å²) in [5.41, 5.74) is 0. The second-order valence-corrected chi connectivity index (χ2v) is 10.0. The van der Waals surface area contributed by atoms with Crippen molar-refractivity contribution in [1.82, 2.24) is 15.5 Å². The fourth-order valence-corrected chi connectivity index (χ4v) is 4.21. The Labute approximate surface area is 173 Å². The average molecular weight is 410 g/mol. The number of carbonyl (C=O) groups excluding carboxylic acids is 2. The Morgan fingerprint density at radius 3 is 2.21 bits per heavy atom. The Hall–Kier alpha value is -1.37. The predicted octanol–water partition coefficient (Wildman–Crippen LogP) is 5.03. The number of rotatable bonds is 8. The molecule has 158 valence electrons. The predicted molar refractivity (Wildman–Crippen MR) is 111 cm³/mol. The fourth-order valence-electron chi connectivity index (χ4n) is 3.60. The molecular weight excluding hydrogens is 374 g/mol. The van der Waals surface area contributed by atoms with Crippen molar-refractivity contribution in [3.8, 4) is 0 Å². The molecule has 1 N–H and O–H groups in total. The van der Waals surface area contributed by atoms with Gasteiger partial charge in [0.15, 0.2) is 0 Å². The highest BCUT2D eigenvalue weighted by atomic mass is 32.2. The number of Topliss-reactive ketones (excluding diaryl/α,β-unsaturated/α-hetero) is 1. The number of nitrogens with zero attached hydrogens (tertiary/aromatic N) is 2. The van der Waals surface area contributed by atoms with Crippen LogP contribution in [-0.4, -0.2) is 33.2 Å². The average Bonchev–Trinajstić information content (AvgIpc) is 3.12. The molecule has 1 amide bonds. The van der Waals surface area contributed by atoms with Crippen molar-refractivity contribution in [2.24, 2.45) is 11.8 Å². The molecule has 0 radical (unpaired) electrons. The van der Waals surface area contributed by atoms with Crippen LogP contribution in [0.3, 0.4) is 0 Å². The third kappa shape index (κ3) is 7.57. The summed E-state index contributed by atoms with van der Waals surface area (Å²) in [4.78, 5) is 25.9. The molecule has 1 aliphatic carbocycles. The lowest BCUT2D eigenvalue weighted by molar-refractivity contribution is -0.126. The molecule has 1 aromatic rings. The molecule has 0 bridgehead atoms. The quantitative estimate of drug-likeness (QED) is 0.478. The number of aromatic nitrogens is 2. The zero-order valence-corrected chi connectivity index (χ0v) is 18.5. The first kappa shape index (κ1) is 22.9. The Morgan fingerprint density at radius 2 is 1.64 bits per heavy atom. The summed E-state index contributed by atoms with van der Waals surface area (Å²) >= 11 is 1.43. The SMILES string of the molecule is CC(C)CC(NC(=O)C1CCCCCCCC1)C(=O)c1nnc(SC(C)C)o1. The topological polar surface area (TPSA) is 85.1 Å². The van der Waals surface area contributed by atoms with Crippen LogP contribution in [-0.2, 0) is 4.79 Å². The highest BCUT2D eigenvalue weighted by Crippen LogP contribution is 2.24. The van der Waals surface area contributed by atoms with Gasteiger partial charge in [0, 0.05) is 11.2 Å². The van der Waals surface area contributed by atoms with Crippen LogP contribution in [0, 0.1) is 11.8 Å². The van der Waals surface area contributed by atoms with Crippen molar-refractivity contribution in [1.29, 1.82) is 0 Å². The van der Waals surface area contributed by atoms with Gasteiger partial charge in [-0.05, 0) is 25.2 Å². The Balaban J connectivity index is 2.05. The van der Waals surface area contributed by atoms with Gasteiger partial charge < -0.3 is 9.73 Å². The van der Waals surface area contributed by atoms with E-state index in [1.54, 1.807) is 0 Å². The number of nitrogens with one attached hydrogen (secondary N) is 1. The molecule has 1 unspecified atom stereocenters. The Bertz CT molecular complexity index is 620. The summed E-state index contributed by atoms with van der Waals surface area (Å²) < 4.78 is 5.54. The molecule has 0 spiro atoms. The van der Waals surface area contributed by atoms with Crippen LogP contribution in [0.15, 0.2) is 9.64 Å². The van der Waals surface area contributed by atoms with E-state index in [4.69, 9.17) is 4.42 Å². The molecule has 1 aliphatic rings. The van der Waals surface area contributed by atoms with Crippen LogP contribution in [0.1, 0.15) is 96.2 Å².